The summed E-state index contributed by atoms with van der Waals surface area (Å²) in [7, 11) is 1.63. The molecule has 1 amide bonds. The smallest absolute Gasteiger partial charge is 0.227 e. The third-order valence-electron chi connectivity index (χ3n) is 4.46. The van der Waals surface area contributed by atoms with Crippen LogP contribution in [0.15, 0.2) is 24.3 Å². The molecule has 0 atom stereocenters. The first-order valence-electron chi connectivity index (χ1n) is 7.29. The van der Waals surface area contributed by atoms with Crippen molar-refractivity contribution >= 4 is 11.6 Å². The van der Waals surface area contributed by atoms with Crippen molar-refractivity contribution < 1.29 is 9.18 Å². The minimum Gasteiger partial charge on any atom is -0.330 e. The van der Waals surface area contributed by atoms with Gasteiger partial charge in [0.15, 0.2) is 0 Å². The second kappa shape index (κ2) is 6.35. The highest BCUT2D eigenvalue weighted by atomic mass is 19.1. The van der Waals surface area contributed by atoms with Crippen LogP contribution in [0.3, 0.4) is 0 Å². The summed E-state index contributed by atoms with van der Waals surface area (Å²) in [6, 6.07) is 6.36. The number of amides is 1. The summed E-state index contributed by atoms with van der Waals surface area (Å²) in [6.07, 6.45) is 5.90. The van der Waals surface area contributed by atoms with E-state index in [1.165, 1.54) is 17.4 Å². The van der Waals surface area contributed by atoms with Gasteiger partial charge < -0.3 is 10.6 Å². The van der Waals surface area contributed by atoms with Crippen LogP contribution in [0.25, 0.3) is 0 Å². The van der Waals surface area contributed by atoms with Crippen molar-refractivity contribution in [1.29, 1.82) is 0 Å². The number of halogens is 1. The number of nitrogens with two attached hydrogens (primary N) is 1. The lowest BCUT2D eigenvalue weighted by Crippen LogP contribution is -2.39. The Kier molecular flexibility index (Phi) is 4.76. The molecule has 20 heavy (non-hydrogen) atoms. The molecule has 0 aromatic heterocycles. The van der Waals surface area contributed by atoms with Gasteiger partial charge in [-0.1, -0.05) is 31.4 Å². The van der Waals surface area contributed by atoms with Gasteiger partial charge in [0.05, 0.1) is 5.69 Å². The molecule has 110 valence electrons. The molecule has 2 N–H and O–H groups in total. The Morgan fingerprint density at radius 1 is 1.30 bits per heavy atom. The van der Waals surface area contributed by atoms with Gasteiger partial charge in [-0.15, -0.1) is 0 Å². The van der Waals surface area contributed by atoms with E-state index in [4.69, 9.17) is 5.73 Å². The predicted octanol–water partition coefficient (Wildman–Crippen LogP) is 3.09. The fourth-order valence-electron chi connectivity index (χ4n) is 3.05. The molecule has 0 bridgehead atoms. The van der Waals surface area contributed by atoms with E-state index in [1.807, 2.05) is 0 Å². The number of para-hydroxylation sites is 1. The van der Waals surface area contributed by atoms with Crippen molar-refractivity contribution in [1.82, 2.24) is 0 Å². The minimum absolute atomic E-state index is 0.0533. The molecular formula is C16H23FN2O. The summed E-state index contributed by atoms with van der Waals surface area (Å²) in [5, 5.41) is 0. The van der Waals surface area contributed by atoms with E-state index in [1.54, 1.807) is 25.2 Å². The maximum absolute atomic E-state index is 13.7. The molecule has 1 aliphatic rings. The number of rotatable bonds is 4. The zero-order valence-electron chi connectivity index (χ0n) is 12.1. The van der Waals surface area contributed by atoms with Crippen LogP contribution in [-0.2, 0) is 4.79 Å². The molecule has 1 fully saturated rings. The molecule has 0 heterocycles. The van der Waals surface area contributed by atoms with Crippen LogP contribution < -0.4 is 10.6 Å². The third kappa shape index (κ3) is 3.18. The van der Waals surface area contributed by atoms with E-state index in [0.29, 0.717) is 18.7 Å². The topological polar surface area (TPSA) is 46.3 Å². The number of carbonyl (C=O) groups is 1. The average molecular weight is 278 g/mol. The number of hydrogen-bond donors (Lipinski definition) is 1. The molecule has 0 radical (unpaired) electrons. The lowest BCUT2D eigenvalue weighted by atomic mass is 9.71. The van der Waals surface area contributed by atoms with Gasteiger partial charge in [0.2, 0.25) is 5.91 Å². The largest absolute Gasteiger partial charge is 0.330 e. The van der Waals surface area contributed by atoms with Crippen molar-refractivity contribution in [3.63, 3.8) is 0 Å². The van der Waals surface area contributed by atoms with E-state index >= 15 is 0 Å². The zero-order chi connectivity index (χ0) is 14.6. The highest BCUT2D eigenvalue weighted by Crippen LogP contribution is 2.39. The van der Waals surface area contributed by atoms with E-state index < -0.39 is 0 Å². The Morgan fingerprint density at radius 3 is 2.55 bits per heavy atom. The molecule has 1 aromatic rings. The van der Waals surface area contributed by atoms with Crippen molar-refractivity contribution in [3.05, 3.63) is 30.1 Å². The van der Waals surface area contributed by atoms with E-state index in [9.17, 15) is 9.18 Å². The SMILES string of the molecule is CN(C(=O)CC1(CN)CCCCC1)c1ccccc1F. The molecular weight excluding hydrogens is 255 g/mol. The second-order valence-electron chi connectivity index (χ2n) is 5.85. The quantitative estimate of drug-likeness (QED) is 0.920. The van der Waals surface area contributed by atoms with Crippen molar-refractivity contribution in [3.8, 4) is 0 Å². The van der Waals surface area contributed by atoms with E-state index in [0.717, 1.165) is 25.7 Å². The molecule has 3 nitrogen and oxygen atoms in total. The maximum Gasteiger partial charge on any atom is 0.227 e. The highest BCUT2D eigenvalue weighted by Gasteiger charge is 2.34. The maximum atomic E-state index is 13.7. The van der Waals surface area contributed by atoms with Gasteiger partial charge in [0.1, 0.15) is 5.82 Å². The molecule has 0 spiro atoms. The number of anilines is 1. The van der Waals surface area contributed by atoms with Crippen LogP contribution in [0.1, 0.15) is 38.5 Å². The van der Waals surface area contributed by atoms with Crippen molar-refractivity contribution in [2.45, 2.75) is 38.5 Å². The van der Waals surface area contributed by atoms with Crippen LogP contribution in [0.2, 0.25) is 0 Å². The van der Waals surface area contributed by atoms with Gasteiger partial charge in [-0.05, 0) is 36.9 Å². The lowest BCUT2D eigenvalue weighted by molar-refractivity contribution is -0.121. The minimum atomic E-state index is -0.367. The fraction of sp³-hybridized carbons (Fsp3) is 0.562. The summed E-state index contributed by atoms with van der Waals surface area (Å²) >= 11 is 0. The van der Waals surface area contributed by atoms with Crippen LogP contribution in [0.5, 0.6) is 0 Å². The number of carbonyl (C=O) groups excluding carboxylic acids is 1. The first-order valence-corrected chi connectivity index (χ1v) is 7.29. The normalized spacial score (nSPS) is 17.8. The molecule has 4 heteroatoms. The lowest BCUT2D eigenvalue weighted by Gasteiger charge is -2.36. The Labute approximate surface area is 120 Å². The van der Waals surface area contributed by atoms with Crippen LogP contribution in [0.4, 0.5) is 10.1 Å². The van der Waals surface area contributed by atoms with Crippen LogP contribution in [0, 0.1) is 11.2 Å². The van der Waals surface area contributed by atoms with Gasteiger partial charge >= 0.3 is 0 Å². The third-order valence-corrected chi connectivity index (χ3v) is 4.46. The first kappa shape index (κ1) is 15.0. The Bertz CT molecular complexity index is 469. The summed E-state index contributed by atoms with van der Waals surface area (Å²) in [5.41, 5.74) is 6.16. The van der Waals surface area contributed by atoms with Crippen LogP contribution >= 0.6 is 0 Å². The number of hydrogen-bond acceptors (Lipinski definition) is 2. The summed E-state index contributed by atoms with van der Waals surface area (Å²) in [5.74, 6) is -0.420. The Balaban J connectivity index is 2.09. The standard InChI is InChI=1S/C16H23FN2O/c1-19(14-8-4-3-7-13(14)17)15(20)11-16(12-18)9-5-2-6-10-16/h3-4,7-8H,2,5-6,9-12,18H2,1H3. The molecule has 0 saturated heterocycles. The van der Waals surface area contributed by atoms with Gasteiger partial charge in [-0.2, -0.15) is 0 Å². The molecule has 1 saturated carbocycles. The van der Waals surface area contributed by atoms with E-state index in [-0.39, 0.29) is 17.1 Å². The van der Waals surface area contributed by atoms with Crippen molar-refractivity contribution in [2.24, 2.45) is 11.1 Å². The Hall–Kier alpha value is -1.42. The van der Waals surface area contributed by atoms with Crippen LogP contribution in [-0.4, -0.2) is 19.5 Å². The number of nitrogens with zero attached hydrogens (tertiary/aromatic N) is 1. The number of benzene rings is 1. The summed E-state index contributed by atoms with van der Waals surface area (Å²) in [6.45, 7) is 0.532. The fourth-order valence-corrected chi connectivity index (χ4v) is 3.05. The summed E-state index contributed by atoms with van der Waals surface area (Å²) < 4.78 is 13.7. The van der Waals surface area contributed by atoms with E-state index in [2.05, 4.69) is 0 Å². The highest BCUT2D eigenvalue weighted by molar-refractivity contribution is 5.93. The molecule has 1 aromatic carbocycles. The molecule has 0 aliphatic heterocycles. The van der Waals surface area contributed by atoms with Gasteiger partial charge in [0.25, 0.3) is 0 Å². The van der Waals surface area contributed by atoms with Gasteiger partial charge in [-0.3, -0.25) is 4.79 Å². The summed E-state index contributed by atoms with van der Waals surface area (Å²) in [4.78, 5) is 13.8. The Morgan fingerprint density at radius 2 is 1.95 bits per heavy atom. The van der Waals surface area contributed by atoms with Crippen molar-refractivity contribution in [2.75, 3.05) is 18.5 Å². The first-order chi connectivity index (χ1) is 9.58. The molecule has 2 rings (SSSR count). The molecule has 1 aliphatic carbocycles. The second-order valence-corrected chi connectivity index (χ2v) is 5.85. The predicted molar refractivity (Wildman–Crippen MR) is 79.0 cm³/mol. The zero-order valence-corrected chi connectivity index (χ0v) is 12.1. The van der Waals surface area contributed by atoms with Gasteiger partial charge in [0, 0.05) is 13.5 Å². The monoisotopic (exact) mass is 278 g/mol. The molecule has 0 unspecified atom stereocenters. The van der Waals surface area contributed by atoms with Gasteiger partial charge in [-0.25, -0.2) is 4.39 Å². The average Bonchev–Trinajstić information content (AvgIpc) is 2.48.